The molecule has 1 heterocycles. The van der Waals surface area contributed by atoms with Gasteiger partial charge in [0.1, 0.15) is 0 Å². The van der Waals surface area contributed by atoms with Gasteiger partial charge in [0, 0.05) is 145 Å². The third-order valence-corrected chi connectivity index (χ3v) is 28.9. The van der Waals surface area contributed by atoms with Crippen LogP contribution in [0.25, 0.3) is 0 Å². The van der Waals surface area contributed by atoms with Gasteiger partial charge in [-0.3, -0.25) is 24.4 Å². The van der Waals surface area contributed by atoms with E-state index in [0.717, 1.165) is 159 Å². The molecule has 2 aliphatic carbocycles. The van der Waals surface area contributed by atoms with Gasteiger partial charge in [0.25, 0.3) is 5.91 Å². The Kier molecular flexibility index (Phi) is 58.4. The summed E-state index contributed by atoms with van der Waals surface area (Å²) in [4.78, 5) is 34.4. The lowest BCUT2D eigenvalue weighted by atomic mass is 9.83. The van der Waals surface area contributed by atoms with Gasteiger partial charge in [0.2, 0.25) is 0 Å². The van der Waals surface area contributed by atoms with Gasteiger partial charge in [-0.2, -0.15) is 0 Å². The molecule has 13 rings (SSSR count). The largest absolute Gasteiger partial charge is 0.348 e. The van der Waals surface area contributed by atoms with Gasteiger partial charge in [0.05, 0.1) is 0 Å². The van der Waals surface area contributed by atoms with E-state index in [2.05, 4.69) is 492 Å². The van der Waals surface area contributed by atoms with Crippen molar-refractivity contribution in [2.75, 3.05) is 136 Å². The Labute approximate surface area is 906 Å². The number of hydrogen-bond donors (Lipinski definition) is 3. The molecule has 0 radical (unpaired) electrons. The van der Waals surface area contributed by atoms with E-state index in [9.17, 15) is 4.79 Å². The molecular formula is C133H201BrN12O. The molecule has 0 spiro atoms. The Morgan fingerprint density at radius 3 is 1.01 bits per heavy atom. The van der Waals surface area contributed by atoms with Crippen LogP contribution in [0.3, 0.4) is 0 Å². The monoisotopic (exact) mass is 2060 g/mol. The summed E-state index contributed by atoms with van der Waals surface area (Å²) in [6.45, 7) is 49.7. The lowest BCUT2D eigenvalue weighted by Crippen LogP contribution is -2.47. The van der Waals surface area contributed by atoms with E-state index in [4.69, 9.17) is 0 Å². The van der Waals surface area contributed by atoms with Gasteiger partial charge >= 0.3 is 0 Å². The topological polar surface area (TPSA) is 82.3 Å². The van der Waals surface area contributed by atoms with Crippen molar-refractivity contribution in [3.05, 3.63) is 354 Å². The number of carbonyl (C=O) groups excluding carboxylic acids is 1. The summed E-state index contributed by atoms with van der Waals surface area (Å²) in [5.41, 5.74) is 22.0. The normalized spacial score (nSPS) is 15.0. The van der Waals surface area contributed by atoms with Gasteiger partial charge in [-0.25, -0.2) is 0 Å². The number of halogens is 1. The molecule has 10 aromatic carbocycles. The quantitative estimate of drug-likeness (QED) is 0.0340. The first-order valence-corrected chi connectivity index (χ1v) is 57.6. The Morgan fingerprint density at radius 2 is 0.626 bits per heavy atom. The molecule has 5 atom stereocenters. The molecular weight excluding hydrogens is 1860 g/mol. The SMILES string of the molecule is CC(C)Cc1cccc(C(=O)N[C@@H](CN(C)C)C2CCCCC2)c1.CC(C)Cc1cccc(CN(CCN(C)C)Cc2cccc(Br)c2)c1.CC(C)Cc1cccc(CN(CCN(C)C)[C@@H](C)c2ccccc2)c1.CC(C)Cc1cccc(CN(CCN(C)C)[C@H](C)c2ccccc2)c1.CC(C)Cc1cccc(CN(Cc2ccccc2)C[C@@H]2CCCN2)c1.CC(C)Cc1cccc(CN[C@H](CN(C)C)C2CCCCC2)c1. The fraction of sp³-hybridized carbons (Fsp3) is 0.541. The van der Waals surface area contributed by atoms with E-state index in [1.54, 1.807) is 0 Å². The summed E-state index contributed by atoms with van der Waals surface area (Å²) in [7, 11) is 21.4. The van der Waals surface area contributed by atoms with Crippen molar-refractivity contribution in [1.29, 1.82) is 0 Å². The first kappa shape index (κ1) is 124. The van der Waals surface area contributed by atoms with Crippen LogP contribution in [0.15, 0.2) is 265 Å². The average molecular weight is 2060 g/mol. The van der Waals surface area contributed by atoms with Crippen LogP contribution >= 0.6 is 15.9 Å². The fourth-order valence-corrected chi connectivity index (χ4v) is 21.5. The number of amides is 1. The maximum atomic E-state index is 12.8. The van der Waals surface area contributed by atoms with Gasteiger partial charge < -0.3 is 40.4 Å². The predicted molar refractivity (Wildman–Crippen MR) is 638 cm³/mol. The number of benzene rings is 10. The molecule has 3 N–H and O–H groups in total. The van der Waals surface area contributed by atoms with Crippen LogP contribution in [0.2, 0.25) is 0 Å². The third kappa shape index (κ3) is 52.1. The summed E-state index contributed by atoms with van der Waals surface area (Å²) in [5.74, 6) is 5.67. The van der Waals surface area contributed by atoms with Gasteiger partial charge in [-0.05, 0) is 323 Å². The molecule has 1 aliphatic heterocycles. The number of hydrogen-bond acceptors (Lipinski definition) is 12. The van der Waals surface area contributed by atoms with Crippen LogP contribution in [0, 0.1) is 47.3 Å². The Balaban J connectivity index is 0.000000215. The molecule has 1 saturated heterocycles. The van der Waals surface area contributed by atoms with E-state index in [1.165, 1.54) is 173 Å². The summed E-state index contributed by atoms with van der Waals surface area (Å²) < 4.78 is 1.15. The minimum absolute atomic E-state index is 0.0815. The molecule has 10 aromatic rings. The number of carbonyl (C=O) groups is 1. The van der Waals surface area contributed by atoms with Crippen LogP contribution in [-0.2, 0) is 84.3 Å². The lowest BCUT2D eigenvalue weighted by Gasteiger charge is -2.33. The van der Waals surface area contributed by atoms with Crippen molar-refractivity contribution in [3.8, 4) is 0 Å². The lowest BCUT2D eigenvalue weighted by molar-refractivity contribution is 0.0899. The zero-order chi connectivity index (χ0) is 106. The van der Waals surface area contributed by atoms with Crippen molar-refractivity contribution >= 4 is 21.8 Å². The van der Waals surface area contributed by atoms with Crippen molar-refractivity contribution in [3.63, 3.8) is 0 Å². The summed E-state index contributed by atoms with van der Waals surface area (Å²) in [6, 6.07) is 97.3. The van der Waals surface area contributed by atoms with Crippen molar-refractivity contribution in [2.45, 2.75) is 289 Å². The second-order valence-electron chi connectivity index (χ2n) is 47.1. The standard InChI is InChI=1S/C23H32N2.2C23H34N2.C22H31BrN2.C21H34N2O.C21H36N2/c1-19(2)14-21-10-6-11-22(15-21)17-25(18-23-12-7-13-24-23)16-20-8-4-3-5-9-20;2*1-19(2)16-21-10-9-11-22(17-21)18-25(15-14-24(4)5)20(3)23-12-7-6-8-13-23;1-18(2)13-19-7-5-8-20(14-19)16-25(12-11-24(3)4)17-21-9-6-10-22(23)15-21;1-16(2)13-17-9-8-12-19(14-17)21(24)22-20(15-23(3)4)18-10-6-5-7-11-18;1-17(2)13-18-9-8-10-19(14-18)15-22-21(16-23(3)4)20-11-6-5-7-12-20/h3-6,8-11,15,19,23-24H,7,12-14,16-18H2,1-2H3;2*6-13,17,19-20H,14-16,18H2,1-5H3;5-10,14-15,18H,11-13,16-17H2,1-4H3;8-9,12,14,16,18,20H,5-7,10-11,13,15H2,1-4H3,(H,22,24);8-10,14,17,20-22H,5-7,11-13,15-16H2,1-4H3/t23-;2*20-;;20-;21-/m010.01/s1. The Hall–Kier alpha value is -8.29. The molecule has 13 nitrogen and oxygen atoms in total. The second-order valence-corrected chi connectivity index (χ2v) is 48.0. The highest BCUT2D eigenvalue weighted by atomic mass is 79.9. The molecule has 3 fully saturated rings. The minimum atomic E-state index is 0.0815. The molecule has 1 amide bonds. The third-order valence-electron chi connectivity index (χ3n) is 28.4. The maximum Gasteiger partial charge on any atom is 0.251 e. The number of nitrogens with zero attached hydrogens (tertiary/aromatic N) is 9. The molecule has 2 saturated carbocycles. The Morgan fingerprint density at radius 1 is 0.306 bits per heavy atom. The van der Waals surface area contributed by atoms with Crippen LogP contribution < -0.4 is 16.0 Å². The van der Waals surface area contributed by atoms with E-state index in [0.29, 0.717) is 59.7 Å². The first-order valence-electron chi connectivity index (χ1n) is 56.8. The molecule has 0 bridgehead atoms. The van der Waals surface area contributed by atoms with Gasteiger partial charge in [-0.1, -0.05) is 374 Å². The van der Waals surface area contributed by atoms with Crippen molar-refractivity contribution in [2.24, 2.45) is 47.3 Å². The van der Waals surface area contributed by atoms with E-state index in [1.807, 2.05) is 12.1 Å². The zero-order valence-corrected chi connectivity index (χ0v) is 98.0. The van der Waals surface area contributed by atoms with Crippen LogP contribution in [-0.4, -0.2) is 204 Å². The van der Waals surface area contributed by atoms with Gasteiger partial charge in [-0.15, -0.1) is 0 Å². The summed E-state index contributed by atoms with van der Waals surface area (Å²) in [6.07, 6.45) is 22.9. The zero-order valence-electron chi connectivity index (χ0n) is 96.4. The smallest absolute Gasteiger partial charge is 0.251 e. The van der Waals surface area contributed by atoms with E-state index in [-0.39, 0.29) is 11.9 Å². The van der Waals surface area contributed by atoms with Crippen LogP contribution in [0.4, 0.5) is 0 Å². The Bertz CT molecular complexity index is 5020. The number of likely N-dealkylation sites (N-methyl/N-ethyl adjacent to an activating group) is 5. The number of nitrogens with one attached hydrogen (secondary N) is 3. The molecule has 0 aromatic heterocycles. The molecule has 806 valence electrons. The summed E-state index contributed by atoms with van der Waals surface area (Å²) >= 11 is 3.59. The van der Waals surface area contributed by atoms with Crippen LogP contribution in [0.5, 0.6) is 0 Å². The second kappa shape index (κ2) is 69.3. The molecule has 0 unspecified atom stereocenters. The highest BCUT2D eigenvalue weighted by Gasteiger charge is 2.29. The number of rotatable bonds is 50. The average Bonchev–Trinajstić information content (AvgIpc) is 1.30. The van der Waals surface area contributed by atoms with E-state index >= 15 is 0 Å². The van der Waals surface area contributed by atoms with E-state index < -0.39 is 0 Å². The minimum Gasteiger partial charge on any atom is -0.348 e. The highest BCUT2D eigenvalue weighted by molar-refractivity contribution is 9.10. The van der Waals surface area contributed by atoms with Crippen molar-refractivity contribution in [1.82, 2.24) is 60.0 Å². The highest BCUT2D eigenvalue weighted by Crippen LogP contribution is 2.32. The van der Waals surface area contributed by atoms with Crippen molar-refractivity contribution < 1.29 is 4.79 Å². The first-order chi connectivity index (χ1) is 70.5. The maximum absolute atomic E-state index is 12.8. The predicted octanol–water partition coefficient (Wildman–Crippen LogP) is 28.5. The summed E-state index contributed by atoms with van der Waals surface area (Å²) in [5, 5.41) is 10.9. The molecule has 3 aliphatic rings. The molecule has 147 heavy (non-hydrogen) atoms. The van der Waals surface area contributed by atoms with Gasteiger partial charge in [0.15, 0.2) is 0 Å². The van der Waals surface area contributed by atoms with Crippen LogP contribution in [0.1, 0.15) is 280 Å². The molecule has 14 heteroatoms. The fourth-order valence-electron chi connectivity index (χ4n) is 21.1.